The van der Waals surface area contributed by atoms with Crippen molar-refractivity contribution in [1.29, 1.82) is 0 Å². The molecule has 0 radical (unpaired) electrons. The van der Waals surface area contributed by atoms with Crippen LogP contribution in [0.25, 0.3) is 11.1 Å². The molecule has 0 aliphatic rings. The molecule has 0 fully saturated rings. The van der Waals surface area contributed by atoms with Crippen LogP contribution in [0.15, 0.2) is 46.0 Å². The van der Waals surface area contributed by atoms with Gasteiger partial charge in [-0.1, -0.05) is 26.0 Å². The molecule has 0 aliphatic heterocycles. The number of rotatable bonds is 7. The van der Waals surface area contributed by atoms with Crippen molar-refractivity contribution in [2.75, 3.05) is 30.0 Å². The minimum Gasteiger partial charge on any atom is -0.424 e. The zero-order valence-electron chi connectivity index (χ0n) is 14.0. The second-order valence-electron chi connectivity index (χ2n) is 6.30. The predicted octanol–water partition coefficient (Wildman–Crippen LogP) is 3.89. The third-order valence-corrected chi connectivity index (χ3v) is 4.28. The van der Waals surface area contributed by atoms with Crippen molar-refractivity contribution >= 4 is 34.8 Å². The standard InChI is InChI=1S/C17H21N5OS/c1-17(2,10-20-15-18-8-12(24-3)9-19-15)11-21-16-22-13-6-4-5-7-14(13)23-16/h4-9H,10-11H2,1-3H3,(H,21,22)(H,18,19,20). The summed E-state index contributed by atoms with van der Waals surface area (Å²) in [6.07, 6.45) is 5.65. The Kier molecular flexibility index (Phi) is 4.89. The monoisotopic (exact) mass is 343 g/mol. The average molecular weight is 343 g/mol. The van der Waals surface area contributed by atoms with E-state index in [1.165, 1.54) is 0 Å². The largest absolute Gasteiger partial charge is 0.424 e. The zero-order valence-corrected chi connectivity index (χ0v) is 14.9. The minimum atomic E-state index is -0.0256. The van der Waals surface area contributed by atoms with Crippen LogP contribution in [-0.4, -0.2) is 34.3 Å². The summed E-state index contributed by atoms with van der Waals surface area (Å²) < 4.78 is 5.68. The number of benzene rings is 1. The fourth-order valence-corrected chi connectivity index (χ4v) is 2.47. The van der Waals surface area contributed by atoms with Gasteiger partial charge in [0, 0.05) is 30.4 Å². The number of oxazole rings is 1. The highest BCUT2D eigenvalue weighted by molar-refractivity contribution is 7.98. The lowest BCUT2D eigenvalue weighted by molar-refractivity contribution is 0.412. The average Bonchev–Trinajstić information content (AvgIpc) is 3.02. The molecule has 24 heavy (non-hydrogen) atoms. The summed E-state index contributed by atoms with van der Waals surface area (Å²) in [6.45, 7) is 5.77. The van der Waals surface area contributed by atoms with Crippen LogP contribution in [0.1, 0.15) is 13.8 Å². The van der Waals surface area contributed by atoms with Crippen LogP contribution in [0.2, 0.25) is 0 Å². The molecule has 0 bridgehead atoms. The first kappa shape index (κ1) is 16.6. The maximum absolute atomic E-state index is 5.68. The van der Waals surface area contributed by atoms with Crippen LogP contribution in [-0.2, 0) is 0 Å². The van der Waals surface area contributed by atoms with Crippen molar-refractivity contribution in [2.45, 2.75) is 18.7 Å². The van der Waals surface area contributed by atoms with Gasteiger partial charge in [0.05, 0.1) is 0 Å². The van der Waals surface area contributed by atoms with Crippen LogP contribution >= 0.6 is 11.8 Å². The number of hydrogen-bond acceptors (Lipinski definition) is 7. The molecule has 2 heterocycles. The molecule has 2 aromatic heterocycles. The molecule has 3 aromatic rings. The molecule has 0 atom stereocenters. The molecule has 2 N–H and O–H groups in total. The van der Waals surface area contributed by atoms with Crippen molar-refractivity contribution < 1.29 is 4.42 Å². The number of nitrogens with zero attached hydrogens (tertiary/aromatic N) is 3. The number of para-hydroxylation sites is 2. The van der Waals surface area contributed by atoms with E-state index >= 15 is 0 Å². The molecule has 0 spiro atoms. The van der Waals surface area contributed by atoms with E-state index < -0.39 is 0 Å². The summed E-state index contributed by atoms with van der Waals surface area (Å²) >= 11 is 1.63. The van der Waals surface area contributed by atoms with Gasteiger partial charge in [0.1, 0.15) is 5.52 Å². The van der Waals surface area contributed by atoms with Crippen molar-refractivity contribution in [1.82, 2.24) is 15.0 Å². The summed E-state index contributed by atoms with van der Waals surface area (Å²) in [5.41, 5.74) is 1.62. The first-order chi connectivity index (χ1) is 11.6. The van der Waals surface area contributed by atoms with E-state index in [1.807, 2.05) is 42.9 Å². The van der Waals surface area contributed by atoms with Crippen LogP contribution in [0, 0.1) is 5.41 Å². The molecule has 7 heteroatoms. The summed E-state index contributed by atoms with van der Waals surface area (Å²) in [5.74, 6) is 0.641. The van der Waals surface area contributed by atoms with Gasteiger partial charge in [0.2, 0.25) is 5.95 Å². The Morgan fingerprint density at radius 2 is 1.79 bits per heavy atom. The second kappa shape index (κ2) is 7.09. The Morgan fingerprint density at radius 3 is 2.50 bits per heavy atom. The third kappa shape index (κ3) is 4.17. The predicted molar refractivity (Wildman–Crippen MR) is 98.6 cm³/mol. The maximum Gasteiger partial charge on any atom is 0.295 e. The first-order valence-electron chi connectivity index (χ1n) is 7.75. The minimum absolute atomic E-state index is 0.0256. The number of thioether (sulfide) groups is 1. The van der Waals surface area contributed by atoms with Crippen LogP contribution in [0.4, 0.5) is 12.0 Å². The van der Waals surface area contributed by atoms with Gasteiger partial charge in [-0.25, -0.2) is 9.97 Å². The van der Waals surface area contributed by atoms with E-state index in [0.29, 0.717) is 12.0 Å². The van der Waals surface area contributed by atoms with Gasteiger partial charge >= 0.3 is 0 Å². The summed E-state index contributed by atoms with van der Waals surface area (Å²) in [6, 6.07) is 8.28. The Morgan fingerprint density at radius 1 is 1.08 bits per heavy atom. The smallest absolute Gasteiger partial charge is 0.295 e. The fourth-order valence-electron chi connectivity index (χ4n) is 2.16. The first-order valence-corrected chi connectivity index (χ1v) is 8.98. The van der Waals surface area contributed by atoms with Gasteiger partial charge in [-0.2, -0.15) is 4.98 Å². The summed E-state index contributed by atoms with van der Waals surface area (Å²) in [7, 11) is 0. The van der Waals surface area contributed by atoms with E-state index in [9.17, 15) is 0 Å². The molecular weight excluding hydrogens is 322 g/mol. The lowest BCUT2D eigenvalue weighted by Crippen LogP contribution is -2.31. The quantitative estimate of drug-likeness (QED) is 0.630. The highest BCUT2D eigenvalue weighted by atomic mass is 32.2. The van der Waals surface area contributed by atoms with Crippen LogP contribution < -0.4 is 10.6 Å². The normalized spacial score (nSPS) is 11.6. The van der Waals surface area contributed by atoms with Crippen molar-refractivity contribution in [2.24, 2.45) is 5.41 Å². The Balaban J connectivity index is 1.54. The summed E-state index contributed by atoms with van der Waals surface area (Å²) in [4.78, 5) is 14.1. The van der Waals surface area contributed by atoms with Gasteiger partial charge in [-0.05, 0) is 23.8 Å². The molecule has 1 aromatic carbocycles. The van der Waals surface area contributed by atoms with Gasteiger partial charge < -0.3 is 15.1 Å². The van der Waals surface area contributed by atoms with Crippen molar-refractivity contribution in [3.05, 3.63) is 36.7 Å². The number of aromatic nitrogens is 3. The van der Waals surface area contributed by atoms with Crippen molar-refractivity contribution in [3.63, 3.8) is 0 Å². The van der Waals surface area contributed by atoms with E-state index in [2.05, 4.69) is 39.4 Å². The molecule has 0 saturated carbocycles. The lowest BCUT2D eigenvalue weighted by Gasteiger charge is -2.24. The van der Waals surface area contributed by atoms with E-state index in [-0.39, 0.29) is 5.41 Å². The van der Waals surface area contributed by atoms with Crippen LogP contribution in [0.3, 0.4) is 0 Å². The molecule has 0 unspecified atom stereocenters. The van der Waals surface area contributed by atoms with E-state index in [4.69, 9.17) is 4.42 Å². The second-order valence-corrected chi connectivity index (χ2v) is 7.18. The molecule has 126 valence electrons. The number of hydrogen-bond donors (Lipinski definition) is 2. The zero-order chi connectivity index (χ0) is 17.0. The molecule has 0 amide bonds. The van der Waals surface area contributed by atoms with Crippen molar-refractivity contribution in [3.8, 4) is 0 Å². The number of anilines is 2. The third-order valence-electron chi connectivity index (χ3n) is 3.60. The summed E-state index contributed by atoms with van der Waals surface area (Å²) in [5, 5.41) is 6.54. The molecule has 3 rings (SSSR count). The molecular formula is C17H21N5OS. The topological polar surface area (TPSA) is 75.9 Å². The lowest BCUT2D eigenvalue weighted by atomic mass is 9.93. The van der Waals surface area contributed by atoms with Gasteiger partial charge in [-0.15, -0.1) is 11.8 Å². The van der Waals surface area contributed by atoms with Crippen LogP contribution in [0.5, 0.6) is 0 Å². The Bertz CT molecular complexity index is 767. The molecule has 6 nitrogen and oxygen atoms in total. The highest BCUT2D eigenvalue weighted by Gasteiger charge is 2.19. The van der Waals surface area contributed by atoms with E-state index in [0.717, 1.165) is 29.1 Å². The van der Waals surface area contributed by atoms with Gasteiger partial charge in [0.25, 0.3) is 6.01 Å². The fraction of sp³-hybridized carbons (Fsp3) is 0.353. The maximum atomic E-state index is 5.68. The molecule has 0 saturated heterocycles. The number of fused-ring (bicyclic) bond motifs is 1. The van der Waals surface area contributed by atoms with E-state index in [1.54, 1.807) is 11.8 Å². The highest BCUT2D eigenvalue weighted by Crippen LogP contribution is 2.21. The van der Waals surface area contributed by atoms with Gasteiger partial charge in [-0.3, -0.25) is 0 Å². The Hall–Kier alpha value is -2.28. The molecule has 0 aliphatic carbocycles. The SMILES string of the molecule is CSc1cnc(NCC(C)(C)CNc2nc3ccccc3o2)nc1. The Labute approximate surface area is 145 Å². The number of nitrogens with one attached hydrogen (secondary N) is 2. The van der Waals surface area contributed by atoms with Gasteiger partial charge in [0.15, 0.2) is 5.58 Å².